The molecule has 3 rings (SSSR count). The Kier molecular flexibility index (Phi) is 5.84. The Morgan fingerprint density at radius 2 is 1.62 bits per heavy atom. The van der Waals surface area contributed by atoms with Gasteiger partial charge in [-0.1, -0.05) is 55.1 Å². The summed E-state index contributed by atoms with van der Waals surface area (Å²) in [5.41, 5.74) is 3.99. The highest BCUT2D eigenvalue weighted by atomic mass is 16.5. The molecule has 0 aliphatic rings. The number of nitrogens with zero attached hydrogens (tertiary/aromatic N) is 2. The van der Waals surface area contributed by atoms with E-state index in [1.807, 2.05) is 73.9 Å². The third kappa shape index (κ3) is 4.19. The predicted octanol–water partition coefficient (Wildman–Crippen LogP) is 5.77. The fourth-order valence-corrected chi connectivity index (χ4v) is 2.65. The van der Waals surface area contributed by atoms with Gasteiger partial charge in [-0.05, 0) is 36.4 Å². The quantitative estimate of drug-likeness (QED) is 0.402. The number of hydrogen-bond acceptors (Lipinski definition) is 3. The second kappa shape index (κ2) is 8.67. The van der Waals surface area contributed by atoms with Gasteiger partial charge in [-0.15, -0.1) is 0 Å². The van der Waals surface area contributed by atoms with Crippen LogP contribution >= 0.6 is 0 Å². The zero-order valence-electron chi connectivity index (χ0n) is 14.9. The molecule has 0 aromatic heterocycles. The molecule has 0 radical (unpaired) electrons. The number of benzene rings is 3. The van der Waals surface area contributed by atoms with E-state index in [1.165, 1.54) is 0 Å². The fourth-order valence-electron chi connectivity index (χ4n) is 2.65. The van der Waals surface area contributed by atoms with Gasteiger partial charge >= 0.3 is 0 Å². The lowest BCUT2D eigenvalue weighted by molar-refractivity contribution is 0.363. The van der Waals surface area contributed by atoms with Gasteiger partial charge in [-0.2, -0.15) is 0 Å². The highest BCUT2D eigenvalue weighted by Crippen LogP contribution is 2.32. The van der Waals surface area contributed by atoms with Gasteiger partial charge < -0.3 is 9.64 Å². The van der Waals surface area contributed by atoms with Crippen molar-refractivity contribution in [1.82, 2.24) is 0 Å². The average molecular weight is 342 g/mol. The minimum Gasteiger partial charge on any atom is -0.489 e. The van der Waals surface area contributed by atoms with Crippen molar-refractivity contribution in [1.29, 1.82) is 0 Å². The molecule has 0 amide bonds. The zero-order valence-corrected chi connectivity index (χ0v) is 14.9. The van der Waals surface area contributed by atoms with E-state index in [0.29, 0.717) is 6.61 Å². The van der Waals surface area contributed by atoms with Crippen LogP contribution in [-0.2, 0) is 0 Å². The van der Waals surface area contributed by atoms with E-state index in [4.69, 9.17) is 9.73 Å². The molecule has 3 nitrogen and oxygen atoms in total. The Balaban J connectivity index is 1.90. The number of para-hydroxylation sites is 4. The summed E-state index contributed by atoms with van der Waals surface area (Å²) >= 11 is 0. The van der Waals surface area contributed by atoms with Gasteiger partial charge in [0.25, 0.3) is 0 Å². The Bertz CT molecular complexity index is 887. The first-order valence-electron chi connectivity index (χ1n) is 8.54. The first-order valence-corrected chi connectivity index (χ1v) is 8.54. The lowest BCUT2D eigenvalue weighted by Gasteiger charge is -2.21. The van der Waals surface area contributed by atoms with Crippen molar-refractivity contribution in [2.45, 2.75) is 0 Å². The Labute approximate surface area is 154 Å². The summed E-state index contributed by atoms with van der Waals surface area (Å²) in [6.45, 7) is 4.17. The Morgan fingerprint density at radius 3 is 2.42 bits per heavy atom. The standard InChI is InChI=1S/C23H22N2O/c1-3-17-26-23-16-10-7-11-19(23)18-24-21-14-8-9-15-22(21)25(2)20-12-5-4-6-13-20/h3-16,18H,1,17H2,2H3. The predicted molar refractivity (Wildman–Crippen MR) is 110 cm³/mol. The summed E-state index contributed by atoms with van der Waals surface area (Å²) in [6, 6.07) is 26.2. The van der Waals surface area contributed by atoms with Crippen LogP contribution in [0.5, 0.6) is 5.75 Å². The van der Waals surface area contributed by atoms with Crippen molar-refractivity contribution in [3.05, 3.63) is 97.1 Å². The van der Waals surface area contributed by atoms with Crippen LogP contribution in [0.3, 0.4) is 0 Å². The van der Waals surface area contributed by atoms with Crippen molar-refractivity contribution >= 4 is 23.3 Å². The maximum Gasteiger partial charge on any atom is 0.128 e. The molecule has 0 aliphatic carbocycles. The third-order valence-electron chi connectivity index (χ3n) is 4.00. The first kappa shape index (κ1) is 17.5. The van der Waals surface area contributed by atoms with Crippen LogP contribution < -0.4 is 9.64 Å². The van der Waals surface area contributed by atoms with Gasteiger partial charge in [-0.25, -0.2) is 0 Å². The lowest BCUT2D eigenvalue weighted by atomic mass is 10.2. The molecule has 0 fully saturated rings. The van der Waals surface area contributed by atoms with Crippen LogP contribution in [-0.4, -0.2) is 19.9 Å². The molecule has 3 aromatic rings. The monoisotopic (exact) mass is 342 g/mol. The van der Waals surface area contributed by atoms with Crippen LogP contribution in [0.25, 0.3) is 0 Å². The minimum absolute atomic E-state index is 0.470. The molecule has 0 aliphatic heterocycles. The molecule has 26 heavy (non-hydrogen) atoms. The minimum atomic E-state index is 0.470. The van der Waals surface area contributed by atoms with E-state index in [-0.39, 0.29) is 0 Å². The van der Waals surface area contributed by atoms with E-state index in [2.05, 4.69) is 29.7 Å². The van der Waals surface area contributed by atoms with Gasteiger partial charge in [0.2, 0.25) is 0 Å². The molecule has 0 unspecified atom stereocenters. The van der Waals surface area contributed by atoms with E-state index in [0.717, 1.165) is 28.4 Å². The molecular weight excluding hydrogens is 320 g/mol. The molecule has 0 saturated heterocycles. The summed E-state index contributed by atoms with van der Waals surface area (Å²) in [4.78, 5) is 6.85. The van der Waals surface area contributed by atoms with Gasteiger partial charge in [-0.3, -0.25) is 4.99 Å². The van der Waals surface area contributed by atoms with Crippen molar-refractivity contribution < 1.29 is 4.74 Å². The van der Waals surface area contributed by atoms with Gasteiger partial charge in [0.15, 0.2) is 0 Å². The van der Waals surface area contributed by atoms with Crippen LogP contribution in [0.4, 0.5) is 17.1 Å². The second-order valence-corrected chi connectivity index (χ2v) is 5.78. The molecule has 130 valence electrons. The topological polar surface area (TPSA) is 24.8 Å². The molecular formula is C23H22N2O. The summed E-state index contributed by atoms with van der Waals surface area (Å²) in [6.07, 6.45) is 3.58. The third-order valence-corrected chi connectivity index (χ3v) is 4.00. The van der Waals surface area contributed by atoms with Gasteiger partial charge in [0, 0.05) is 24.5 Å². The molecule has 0 heterocycles. The lowest BCUT2D eigenvalue weighted by Crippen LogP contribution is -2.09. The van der Waals surface area contributed by atoms with Crippen molar-refractivity contribution in [3.63, 3.8) is 0 Å². The fraction of sp³-hybridized carbons (Fsp3) is 0.0870. The summed E-state index contributed by atoms with van der Waals surface area (Å²) in [7, 11) is 2.05. The molecule has 0 saturated carbocycles. The smallest absolute Gasteiger partial charge is 0.128 e. The Morgan fingerprint density at radius 1 is 0.923 bits per heavy atom. The number of rotatable bonds is 7. The van der Waals surface area contributed by atoms with E-state index >= 15 is 0 Å². The number of ether oxygens (including phenoxy) is 1. The number of aliphatic imine (C=N–C) groups is 1. The Hall–Kier alpha value is -3.33. The molecule has 3 aromatic carbocycles. The van der Waals surface area contributed by atoms with Crippen molar-refractivity contribution in [2.75, 3.05) is 18.6 Å². The summed E-state index contributed by atoms with van der Waals surface area (Å²) in [5, 5.41) is 0. The highest BCUT2D eigenvalue weighted by molar-refractivity contribution is 5.87. The molecule has 0 atom stereocenters. The van der Waals surface area contributed by atoms with Crippen molar-refractivity contribution in [3.8, 4) is 5.75 Å². The molecule has 3 heteroatoms. The maximum atomic E-state index is 5.70. The zero-order chi connectivity index (χ0) is 18.2. The number of hydrogen-bond donors (Lipinski definition) is 0. The molecule has 0 N–H and O–H groups in total. The van der Waals surface area contributed by atoms with Crippen LogP contribution in [0.2, 0.25) is 0 Å². The van der Waals surface area contributed by atoms with Gasteiger partial charge in [0.1, 0.15) is 12.4 Å². The summed E-state index contributed by atoms with van der Waals surface area (Å²) < 4.78 is 5.70. The summed E-state index contributed by atoms with van der Waals surface area (Å²) in [5.74, 6) is 0.796. The van der Waals surface area contributed by atoms with Crippen LogP contribution in [0.15, 0.2) is 96.5 Å². The maximum absolute atomic E-state index is 5.70. The second-order valence-electron chi connectivity index (χ2n) is 5.78. The van der Waals surface area contributed by atoms with E-state index < -0.39 is 0 Å². The largest absolute Gasteiger partial charge is 0.489 e. The van der Waals surface area contributed by atoms with Gasteiger partial charge in [0.05, 0.1) is 11.4 Å². The molecule has 0 spiro atoms. The van der Waals surface area contributed by atoms with E-state index in [1.54, 1.807) is 6.08 Å². The number of anilines is 2. The van der Waals surface area contributed by atoms with Crippen LogP contribution in [0.1, 0.15) is 5.56 Å². The van der Waals surface area contributed by atoms with E-state index in [9.17, 15) is 0 Å². The normalized spacial score (nSPS) is 10.7. The average Bonchev–Trinajstić information content (AvgIpc) is 2.71. The van der Waals surface area contributed by atoms with Crippen molar-refractivity contribution in [2.24, 2.45) is 4.99 Å². The van der Waals surface area contributed by atoms with Crippen LogP contribution in [0, 0.1) is 0 Å². The molecule has 0 bridgehead atoms. The first-order chi connectivity index (χ1) is 12.8. The SMILES string of the molecule is C=CCOc1ccccc1C=Nc1ccccc1N(C)c1ccccc1. The highest BCUT2D eigenvalue weighted by Gasteiger charge is 2.08.